The molecule has 2 aliphatic rings. The second-order valence-corrected chi connectivity index (χ2v) is 8.28. The fourth-order valence-electron chi connectivity index (χ4n) is 4.53. The zero-order valence-electron chi connectivity index (χ0n) is 17.7. The summed E-state index contributed by atoms with van der Waals surface area (Å²) in [4.78, 5) is 14.7. The molecule has 0 spiro atoms. The number of rotatable bonds is 5. The highest BCUT2D eigenvalue weighted by atomic mass is 19.4. The van der Waals surface area contributed by atoms with Crippen LogP contribution < -0.4 is 5.32 Å². The van der Waals surface area contributed by atoms with Gasteiger partial charge >= 0.3 is 6.18 Å². The van der Waals surface area contributed by atoms with Gasteiger partial charge < -0.3 is 10.4 Å². The van der Waals surface area contributed by atoms with Gasteiger partial charge in [-0.2, -0.15) is 18.3 Å². The van der Waals surface area contributed by atoms with Crippen molar-refractivity contribution in [1.82, 2.24) is 29.6 Å². The van der Waals surface area contributed by atoms with Crippen LogP contribution in [0.4, 0.5) is 24.8 Å². The van der Waals surface area contributed by atoms with E-state index in [9.17, 15) is 18.3 Å². The summed E-state index contributed by atoms with van der Waals surface area (Å²) >= 11 is 0. The van der Waals surface area contributed by atoms with E-state index >= 15 is 0 Å². The quantitative estimate of drug-likeness (QED) is 0.604. The number of aromatic nitrogens is 5. The summed E-state index contributed by atoms with van der Waals surface area (Å²) in [6, 6.07) is 4.04. The third kappa shape index (κ3) is 4.33. The first-order valence-electron chi connectivity index (χ1n) is 10.6. The van der Waals surface area contributed by atoms with Crippen LogP contribution in [0.5, 0.6) is 0 Å². The maximum atomic E-state index is 12.8. The Labute approximate surface area is 187 Å². The van der Waals surface area contributed by atoms with Crippen LogP contribution in [0.15, 0.2) is 49.1 Å². The summed E-state index contributed by atoms with van der Waals surface area (Å²) in [6.07, 6.45) is 4.89. The molecule has 8 nitrogen and oxygen atoms in total. The predicted octanol–water partition coefficient (Wildman–Crippen LogP) is 3.68. The van der Waals surface area contributed by atoms with Gasteiger partial charge in [0.2, 0.25) is 5.95 Å². The number of hydrogen-bond donors (Lipinski definition) is 2. The SMILES string of the molecule is Cn1cc(Nc2nccc(C3=CC4CCC(C3)N4C(O)c3ccc(C(F)(F)F)cn3)n2)cn1. The van der Waals surface area contributed by atoms with Crippen molar-refractivity contribution in [3.8, 4) is 0 Å². The lowest BCUT2D eigenvalue weighted by Gasteiger charge is -2.37. The van der Waals surface area contributed by atoms with E-state index in [0.717, 1.165) is 42.1 Å². The Balaban J connectivity index is 1.34. The average molecular weight is 457 g/mol. The molecule has 172 valence electrons. The number of nitrogens with zero attached hydrogens (tertiary/aromatic N) is 6. The van der Waals surface area contributed by atoms with Crippen molar-refractivity contribution >= 4 is 17.2 Å². The second-order valence-electron chi connectivity index (χ2n) is 8.28. The van der Waals surface area contributed by atoms with Crippen LogP contribution in [0.2, 0.25) is 0 Å². The first-order chi connectivity index (χ1) is 15.8. The number of halogens is 3. The topological polar surface area (TPSA) is 92.0 Å². The molecule has 1 fully saturated rings. The molecule has 3 aromatic heterocycles. The molecule has 33 heavy (non-hydrogen) atoms. The molecular weight excluding hydrogens is 435 g/mol. The summed E-state index contributed by atoms with van der Waals surface area (Å²) < 4.78 is 40.2. The van der Waals surface area contributed by atoms with E-state index in [1.807, 2.05) is 24.2 Å². The van der Waals surface area contributed by atoms with E-state index < -0.39 is 18.0 Å². The zero-order chi connectivity index (χ0) is 23.2. The fraction of sp³-hybridized carbons (Fsp3) is 0.364. The van der Waals surface area contributed by atoms with Crippen molar-refractivity contribution in [2.45, 2.75) is 43.8 Å². The van der Waals surface area contributed by atoms with E-state index in [1.165, 1.54) is 6.07 Å². The third-order valence-electron chi connectivity index (χ3n) is 6.06. The maximum Gasteiger partial charge on any atom is 0.417 e. The summed E-state index contributed by atoms with van der Waals surface area (Å²) in [5.74, 6) is 0.463. The van der Waals surface area contributed by atoms with E-state index in [2.05, 4.69) is 31.4 Å². The Kier molecular flexibility index (Phi) is 5.37. The summed E-state index contributed by atoms with van der Waals surface area (Å²) in [5.41, 5.74) is 2.02. The first kappa shape index (κ1) is 21.5. The van der Waals surface area contributed by atoms with Gasteiger partial charge in [-0.25, -0.2) is 9.97 Å². The number of aryl methyl sites for hydroxylation is 1. The Hall–Kier alpha value is -3.31. The minimum absolute atomic E-state index is 0.0405. The third-order valence-corrected chi connectivity index (χ3v) is 6.06. The van der Waals surface area contributed by atoms with Crippen LogP contribution in [0.3, 0.4) is 0 Å². The molecule has 0 radical (unpaired) electrons. The average Bonchev–Trinajstić information content (AvgIpc) is 3.31. The number of pyridine rings is 1. The van der Waals surface area contributed by atoms with E-state index in [4.69, 9.17) is 0 Å². The normalized spacial score (nSPS) is 21.7. The standard InChI is InChI=1S/C22H22F3N7O/c1-31-12-15(11-28-31)29-21-26-7-6-18(30-21)13-8-16-3-4-17(9-13)32(16)20(33)19-5-2-14(10-27-19)22(23,24)25/h2,5-8,10-12,16-17,20,33H,3-4,9H2,1H3,(H,26,29,30). The molecule has 3 atom stereocenters. The molecule has 2 bridgehead atoms. The van der Waals surface area contributed by atoms with Gasteiger partial charge in [0.15, 0.2) is 6.23 Å². The molecule has 1 saturated heterocycles. The van der Waals surface area contributed by atoms with Crippen molar-refractivity contribution in [3.05, 3.63) is 66.0 Å². The van der Waals surface area contributed by atoms with Gasteiger partial charge in [-0.1, -0.05) is 6.08 Å². The Morgan fingerprint density at radius 1 is 1.15 bits per heavy atom. The van der Waals surface area contributed by atoms with Gasteiger partial charge in [0.05, 0.1) is 28.8 Å². The minimum atomic E-state index is -4.46. The van der Waals surface area contributed by atoms with Gasteiger partial charge in [0.25, 0.3) is 0 Å². The molecule has 5 heterocycles. The molecule has 0 amide bonds. The molecule has 0 saturated carbocycles. The molecule has 3 unspecified atom stereocenters. The number of aliphatic hydroxyl groups is 1. The Bertz CT molecular complexity index is 1180. The molecule has 2 aliphatic heterocycles. The smallest absolute Gasteiger partial charge is 0.372 e. The number of aliphatic hydroxyl groups excluding tert-OH is 1. The van der Waals surface area contributed by atoms with Crippen molar-refractivity contribution in [3.63, 3.8) is 0 Å². The van der Waals surface area contributed by atoms with Crippen LogP contribution in [-0.2, 0) is 13.2 Å². The Morgan fingerprint density at radius 2 is 2.00 bits per heavy atom. The van der Waals surface area contributed by atoms with Crippen LogP contribution in [0.25, 0.3) is 5.57 Å². The maximum absolute atomic E-state index is 12.8. The molecule has 2 N–H and O–H groups in total. The van der Waals surface area contributed by atoms with Crippen LogP contribution >= 0.6 is 0 Å². The van der Waals surface area contributed by atoms with Crippen molar-refractivity contribution in [1.29, 1.82) is 0 Å². The van der Waals surface area contributed by atoms with Gasteiger partial charge in [0, 0.05) is 37.7 Å². The lowest BCUT2D eigenvalue weighted by molar-refractivity contribution is -0.137. The van der Waals surface area contributed by atoms with Crippen molar-refractivity contribution in [2.24, 2.45) is 7.05 Å². The van der Waals surface area contributed by atoms with E-state index in [0.29, 0.717) is 12.4 Å². The zero-order valence-corrected chi connectivity index (χ0v) is 17.7. The molecule has 11 heteroatoms. The van der Waals surface area contributed by atoms with Gasteiger partial charge in [-0.15, -0.1) is 0 Å². The number of hydrogen-bond acceptors (Lipinski definition) is 7. The molecular formula is C22H22F3N7O. The first-order valence-corrected chi connectivity index (χ1v) is 10.6. The minimum Gasteiger partial charge on any atom is -0.372 e. The summed E-state index contributed by atoms with van der Waals surface area (Å²) in [6.45, 7) is 0. The van der Waals surface area contributed by atoms with Gasteiger partial charge in [0.1, 0.15) is 0 Å². The second kappa shape index (κ2) is 8.23. The highest BCUT2D eigenvalue weighted by Gasteiger charge is 2.41. The lowest BCUT2D eigenvalue weighted by Crippen LogP contribution is -2.41. The molecule has 5 rings (SSSR count). The van der Waals surface area contributed by atoms with Crippen molar-refractivity contribution in [2.75, 3.05) is 5.32 Å². The molecule has 3 aromatic rings. The van der Waals surface area contributed by atoms with Crippen LogP contribution in [-0.4, -0.2) is 46.8 Å². The van der Waals surface area contributed by atoms with Gasteiger partial charge in [-0.05, 0) is 43.0 Å². The monoisotopic (exact) mass is 457 g/mol. The summed E-state index contributed by atoms with van der Waals surface area (Å²) in [7, 11) is 1.82. The highest BCUT2D eigenvalue weighted by Crippen LogP contribution is 2.42. The largest absolute Gasteiger partial charge is 0.417 e. The van der Waals surface area contributed by atoms with Crippen LogP contribution in [0, 0.1) is 0 Å². The van der Waals surface area contributed by atoms with E-state index in [-0.39, 0.29) is 17.8 Å². The highest BCUT2D eigenvalue weighted by molar-refractivity contribution is 5.66. The van der Waals surface area contributed by atoms with E-state index in [1.54, 1.807) is 17.1 Å². The lowest BCUT2D eigenvalue weighted by atomic mass is 9.97. The number of fused-ring (bicyclic) bond motifs is 2. The fourth-order valence-corrected chi connectivity index (χ4v) is 4.53. The van der Waals surface area contributed by atoms with Crippen LogP contribution in [0.1, 0.15) is 42.4 Å². The van der Waals surface area contributed by atoms with Gasteiger partial charge in [-0.3, -0.25) is 14.6 Å². The molecule has 0 aliphatic carbocycles. The molecule has 0 aromatic carbocycles. The Morgan fingerprint density at radius 3 is 2.67 bits per heavy atom. The van der Waals surface area contributed by atoms with Crippen molar-refractivity contribution < 1.29 is 18.3 Å². The summed E-state index contributed by atoms with van der Waals surface area (Å²) in [5, 5.41) is 18.1. The number of anilines is 2. The number of alkyl halides is 3. The predicted molar refractivity (Wildman–Crippen MR) is 114 cm³/mol. The number of nitrogens with one attached hydrogen (secondary N) is 1.